The van der Waals surface area contributed by atoms with Crippen LogP contribution in [-0.4, -0.2) is 5.54 Å². The van der Waals surface area contributed by atoms with E-state index in [0.29, 0.717) is 5.92 Å². The van der Waals surface area contributed by atoms with Gasteiger partial charge in [-0.05, 0) is 42.0 Å². The molecular weight excluding hydrogens is 338 g/mol. The summed E-state index contributed by atoms with van der Waals surface area (Å²) < 4.78 is 0. The van der Waals surface area contributed by atoms with Gasteiger partial charge in [0.1, 0.15) is 0 Å². The molecule has 2 rings (SSSR count). The summed E-state index contributed by atoms with van der Waals surface area (Å²) in [6.07, 6.45) is 16.2. The van der Waals surface area contributed by atoms with Gasteiger partial charge in [0.2, 0.25) is 0 Å². The van der Waals surface area contributed by atoms with Crippen LogP contribution in [0.5, 0.6) is 0 Å². The minimum absolute atomic E-state index is 0.149. The average Bonchev–Trinajstić information content (AvgIpc) is 2.69. The maximum atomic E-state index is 6.80. The number of hydrogen-bond donors (Lipinski definition) is 1. The summed E-state index contributed by atoms with van der Waals surface area (Å²) >= 11 is 0. The van der Waals surface area contributed by atoms with E-state index in [1.165, 1.54) is 87.0 Å². The minimum Gasteiger partial charge on any atom is -0.325 e. The SMILES string of the molecule is CCCCCCCCCCCCC(C)C(C)(N)Cc1cccc2ccccc12. The largest absolute Gasteiger partial charge is 0.325 e. The van der Waals surface area contributed by atoms with Crippen LogP contribution >= 0.6 is 0 Å². The fourth-order valence-corrected chi connectivity index (χ4v) is 4.30. The first kappa shape index (κ1) is 22.9. The van der Waals surface area contributed by atoms with Crippen molar-refractivity contribution in [2.45, 2.75) is 103 Å². The zero-order valence-corrected chi connectivity index (χ0v) is 18.7. The Morgan fingerprint density at radius 3 is 2.04 bits per heavy atom. The molecule has 0 saturated heterocycles. The standard InChI is InChI=1S/C27H43N/c1-4-5-6-7-8-9-10-11-12-13-17-23(2)27(3,28)22-25-20-16-19-24-18-14-15-21-26(24)25/h14-16,18-21,23H,4-13,17,22,28H2,1-3H3. The van der Waals surface area contributed by atoms with Gasteiger partial charge in [0.15, 0.2) is 0 Å². The monoisotopic (exact) mass is 381 g/mol. The van der Waals surface area contributed by atoms with Crippen LogP contribution in [0.2, 0.25) is 0 Å². The van der Waals surface area contributed by atoms with Crippen LogP contribution < -0.4 is 5.73 Å². The highest BCUT2D eigenvalue weighted by Crippen LogP contribution is 2.28. The van der Waals surface area contributed by atoms with Crippen LogP contribution in [0.3, 0.4) is 0 Å². The van der Waals surface area contributed by atoms with Gasteiger partial charge in [0.25, 0.3) is 0 Å². The quantitative estimate of drug-likeness (QED) is 0.329. The van der Waals surface area contributed by atoms with Crippen LogP contribution in [0.15, 0.2) is 42.5 Å². The Morgan fingerprint density at radius 2 is 1.36 bits per heavy atom. The van der Waals surface area contributed by atoms with Gasteiger partial charge in [-0.1, -0.05) is 121 Å². The molecule has 2 atom stereocenters. The molecule has 1 nitrogen and oxygen atoms in total. The van der Waals surface area contributed by atoms with Crippen LogP contribution in [0.25, 0.3) is 10.8 Å². The molecule has 28 heavy (non-hydrogen) atoms. The van der Waals surface area contributed by atoms with Crippen molar-refractivity contribution in [3.05, 3.63) is 48.0 Å². The van der Waals surface area contributed by atoms with Crippen LogP contribution in [0.1, 0.15) is 97.0 Å². The summed E-state index contributed by atoms with van der Waals surface area (Å²) in [6.45, 7) is 6.88. The van der Waals surface area contributed by atoms with Crippen molar-refractivity contribution in [2.75, 3.05) is 0 Å². The molecule has 2 aromatic carbocycles. The van der Waals surface area contributed by atoms with Gasteiger partial charge in [-0.25, -0.2) is 0 Å². The topological polar surface area (TPSA) is 26.0 Å². The Bertz CT molecular complexity index is 668. The summed E-state index contributed by atoms with van der Waals surface area (Å²) in [5.74, 6) is 0.542. The van der Waals surface area contributed by atoms with Crippen molar-refractivity contribution in [2.24, 2.45) is 11.7 Å². The zero-order chi connectivity index (χ0) is 20.2. The maximum Gasteiger partial charge on any atom is 0.0192 e. The maximum absolute atomic E-state index is 6.80. The lowest BCUT2D eigenvalue weighted by atomic mass is 9.79. The number of unbranched alkanes of at least 4 members (excludes halogenated alkanes) is 9. The van der Waals surface area contributed by atoms with Gasteiger partial charge in [-0.15, -0.1) is 0 Å². The van der Waals surface area contributed by atoms with Gasteiger partial charge < -0.3 is 5.73 Å². The third-order valence-corrected chi connectivity index (χ3v) is 6.57. The highest BCUT2D eigenvalue weighted by atomic mass is 14.7. The van der Waals surface area contributed by atoms with Gasteiger partial charge >= 0.3 is 0 Å². The Labute approximate surface area is 174 Å². The second-order valence-electron chi connectivity index (χ2n) is 9.19. The molecule has 0 aliphatic carbocycles. The molecule has 2 N–H and O–H groups in total. The third kappa shape index (κ3) is 7.59. The lowest BCUT2D eigenvalue weighted by molar-refractivity contribution is 0.290. The van der Waals surface area contributed by atoms with Gasteiger partial charge in [-0.2, -0.15) is 0 Å². The van der Waals surface area contributed by atoms with E-state index >= 15 is 0 Å². The van der Waals surface area contributed by atoms with Crippen molar-refractivity contribution in [1.82, 2.24) is 0 Å². The summed E-state index contributed by atoms with van der Waals surface area (Å²) in [6, 6.07) is 15.3. The predicted molar refractivity (Wildman–Crippen MR) is 126 cm³/mol. The van der Waals surface area contributed by atoms with Crippen LogP contribution in [0, 0.1) is 5.92 Å². The fourth-order valence-electron chi connectivity index (χ4n) is 4.30. The average molecular weight is 382 g/mol. The van der Waals surface area contributed by atoms with E-state index in [2.05, 4.69) is 63.2 Å². The molecule has 0 heterocycles. The Kier molecular flexibility index (Phi) is 10.1. The number of fused-ring (bicyclic) bond motifs is 1. The van der Waals surface area contributed by atoms with Crippen molar-refractivity contribution in [3.63, 3.8) is 0 Å². The lowest BCUT2D eigenvalue weighted by Crippen LogP contribution is -2.45. The molecule has 0 saturated carbocycles. The summed E-state index contributed by atoms with van der Waals surface area (Å²) in [5, 5.41) is 2.67. The number of benzene rings is 2. The van der Waals surface area contributed by atoms with Crippen molar-refractivity contribution in [3.8, 4) is 0 Å². The number of hydrogen-bond acceptors (Lipinski definition) is 1. The zero-order valence-electron chi connectivity index (χ0n) is 18.7. The molecule has 156 valence electrons. The van der Waals surface area contributed by atoms with Crippen LogP contribution in [0.4, 0.5) is 0 Å². The smallest absolute Gasteiger partial charge is 0.0192 e. The fraction of sp³-hybridized carbons (Fsp3) is 0.630. The van der Waals surface area contributed by atoms with E-state index < -0.39 is 0 Å². The Hall–Kier alpha value is -1.34. The third-order valence-electron chi connectivity index (χ3n) is 6.57. The molecule has 0 spiro atoms. The molecule has 0 bridgehead atoms. The van der Waals surface area contributed by atoms with Crippen molar-refractivity contribution < 1.29 is 0 Å². The lowest BCUT2D eigenvalue weighted by Gasteiger charge is -2.32. The summed E-state index contributed by atoms with van der Waals surface area (Å²) in [4.78, 5) is 0. The Morgan fingerprint density at radius 1 is 0.786 bits per heavy atom. The second kappa shape index (κ2) is 12.3. The van der Waals surface area contributed by atoms with E-state index in [9.17, 15) is 0 Å². The molecule has 1 heteroatoms. The first-order chi connectivity index (χ1) is 13.5. The van der Waals surface area contributed by atoms with E-state index in [-0.39, 0.29) is 5.54 Å². The van der Waals surface area contributed by atoms with E-state index in [4.69, 9.17) is 5.73 Å². The number of nitrogens with two attached hydrogens (primary N) is 1. The number of rotatable bonds is 14. The molecule has 0 fully saturated rings. The molecule has 2 aromatic rings. The normalized spacial score (nSPS) is 14.9. The molecule has 0 aliphatic rings. The molecule has 2 unspecified atom stereocenters. The van der Waals surface area contributed by atoms with E-state index in [0.717, 1.165) is 6.42 Å². The molecular formula is C27H43N. The van der Waals surface area contributed by atoms with Crippen LogP contribution in [-0.2, 0) is 6.42 Å². The molecule has 0 aromatic heterocycles. The Balaban J connectivity index is 1.69. The molecule has 0 radical (unpaired) electrons. The first-order valence-electron chi connectivity index (χ1n) is 11.8. The van der Waals surface area contributed by atoms with E-state index in [1.54, 1.807) is 0 Å². The van der Waals surface area contributed by atoms with Gasteiger partial charge in [-0.3, -0.25) is 0 Å². The molecule has 0 aliphatic heterocycles. The first-order valence-corrected chi connectivity index (χ1v) is 11.8. The van der Waals surface area contributed by atoms with Crippen molar-refractivity contribution >= 4 is 10.8 Å². The minimum atomic E-state index is -0.149. The highest BCUT2D eigenvalue weighted by molar-refractivity contribution is 5.85. The van der Waals surface area contributed by atoms with Crippen molar-refractivity contribution in [1.29, 1.82) is 0 Å². The summed E-state index contributed by atoms with van der Waals surface area (Å²) in [5.41, 5.74) is 8.04. The van der Waals surface area contributed by atoms with Gasteiger partial charge in [0, 0.05) is 5.54 Å². The summed E-state index contributed by atoms with van der Waals surface area (Å²) in [7, 11) is 0. The van der Waals surface area contributed by atoms with E-state index in [1.807, 2.05) is 0 Å². The van der Waals surface area contributed by atoms with Gasteiger partial charge in [0.05, 0.1) is 0 Å². The predicted octanol–water partition coefficient (Wildman–Crippen LogP) is 8.05. The second-order valence-corrected chi connectivity index (χ2v) is 9.19. The highest BCUT2D eigenvalue weighted by Gasteiger charge is 2.26. The molecule has 0 amide bonds.